The number of aromatic nitrogens is 3. The second kappa shape index (κ2) is 8.69. The molecule has 1 aliphatic carbocycles. The van der Waals surface area contributed by atoms with Gasteiger partial charge in [0.25, 0.3) is 5.91 Å². The summed E-state index contributed by atoms with van der Waals surface area (Å²) >= 11 is 6.35. The van der Waals surface area contributed by atoms with Crippen LogP contribution in [0.3, 0.4) is 0 Å². The summed E-state index contributed by atoms with van der Waals surface area (Å²) in [6, 6.07) is 7.91. The highest BCUT2D eigenvalue weighted by molar-refractivity contribution is 6.29. The zero-order chi connectivity index (χ0) is 22.2. The standard InChI is InChI=1S/C23H27ClN6O2/c1-14-9-15(3-6-18(14)23(31)27-16-4-5-16)20-12-26-22-19(10-21(24)28-30(20)22)25-11-17-13-29(2)7-8-32-17/h3,6,9-10,12,16-17,25H,4-5,7-8,11,13H2,1-2H3,(H,27,31). The molecule has 0 spiro atoms. The first-order valence-electron chi connectivity index (χ1n) is 11.0. The summed E-state index contributed by atoms with van der Waals surface area (Å²) in [6.07, 6.45) is 4.02. The van der Waals surface area contributed by atoms with Crippen LogP contribution in [-0.4, -0.2) is 70.8 Å². The minimum atomic E-state index is -0.0158. The van der Waals surface area contributed by atoms with Gasteiger partial charge in [0.05, 0.1) is 30.3 Å². The van der Waals surface area contributed by atoms with E-state index in [9.17, 15) is 4.79 Å². The maximum Gasteiger partial charge on any atom is 0.251 e. The Kier molecular flexibility index (Phi) is 5.75. The lowest BCUT2D eigenvalue weighted by molar-refractivity contribution is -0.0117. The smallest absolute Gasteiger partial charge is 0.251 e. The molecule has 1 saturated heterocycles. The number of nitrogens with zero attached hydrogens (tertiary/aromatic N) is 4. The van der Waals surface area contributed by atoms with Crippen LogP contribution in [0.1, 0.15) is 28.8 Å². The Hall–Kier alpha value is -2.68. The van der Waals surface area contributed by atoms with E-state index in [1.54, 1.807) is 16.8 Å². The normalized spacial score (nSPS) is 19.3. The predicted octanol–water partition coefficient (Wildman–Crippen LogP) is 2.99. The molecule has 1 amide bonds. The van der Waals surface area contributed by atoms with Crippen molar-refractivity contribution in [2.45, 2.75) is 31.9 Å². The molecule has 1 saturated carbocycles. The Morgan fingerprint density at radius 2 is 2.16 bits per heavy atom. The number of amides is 1. The van der Waals surface area contributed by atoms with Crippen LogP contribution in [0.25, 0.3) is 16.9 Å². The number of fused-ring (bicyclic) bond motifs is 1. The zero-order valence-corrected chi connectivity index (χ0v) is 19.0. The fourth-order valence-corrected chi connectivity index (χ4v) is 4.23. The van der Waals surface area contributed by atoms with Gasteiger partial charge in [-0.15, -0.1) is 0 Å². The summed E-state index contributed by atoms with van der Waals surface area (Å²) in [4.78, 5) is 19.3. The lowest BCUT2D eigenvalue weighted by Gasteiger charge is -2.30. The molecular formula is C23H27ClN6O2. The Balaban J connectivity index is 1.40. The number of halogens is 1. The first-order valence-corrected chi connectivity index (χ1v) is 11.4. The molecular weight excluding hydrogens is 428 g/mol. The van der Waals surface area contributed by atoms with Gasteiger partial charge in [-0.25, -0.2) is 9.50 Å². The van der Waals surface area contributed by atoms with Gasteiger partial charge < -0.3 is 20.3 Å². The molecule has 5 rings (SSSR count). The van der Waals surface area contributed by atoms with E-state index in [1.165, 1.54) is 0 Å². The van der Waals surface area contributed by atoms with Crippen molar-refractivity contribution in [3.8, 4) is 11.3 Å². The van der Waals surface area contributed by atoms with Crippen LogP contribution < -0.4 is 10.6 Å². The highest BCUT2D eigenvalue weighted by Gasteiger charge is 2.24. The average molecular weight is 455 g/mol. The van der Waals surface area contributed by atoms with Crippen LogP contribution in [0.15, 0.2) is 30.5 Å². The van der Waals surface area contributed by atoms with E-state index >= 15 is 0 Å². The van der Waals surface area contributed by atoms with Gasteiger partial charge in [-0.3, -0.25) is 4.79 Å². The number of carbonyl (C=O) groups is 1. The Labute approximate surface area is 191 Å². The lowest BCUT2D eigenvalue weighted by Crippen LogP contribution is -2.43. The number of hydrogen-bond donors (Lipinski definition) is 2. The van der Waals surface area contributed by atoms with Crippen molar-refractivity contribution >= 4 is 28.8 Å². The number of ether oxygens (including phenoxy) is 1. The molecule has 1 unspecified atom stereocenters. The van der Waals surface area contributed by atoms with Crippen LogP contribution in [0.5, 0.6) is 0 Å². The van der Waals surface area contributed by atoms with Crippen molar-refractivity contribution in [3.63, 3.8) is 0 Å². The van der Waals surface area contributed by atoms with Gasteiger partial charge in [0.2, 0.25) is 0 Å². The third kappa shape index (κ3) is 4.44. The molecule has 8 nitrogen and oxygen atoms in total. The van der Waals surface area contributed by atoms with Gasteiger partial charge in [0.15, 0.2) is 10.8 Å². The van der Waals surface area contributed by atoms with Crippen LogP contribution in [0.4, 0.5) is 5.69 Å². The molecule has 2 aliphatic rings. The summed E-state index contributed by atoms with van der Waals surface area (Å²) in [5, 5.41) is 11.3. The highest BCUT2D eigenvalue weighted by Crippen LogP contribution is 2.28. The first kappa shape index (κ1) is 21.2. The number of benzene rings is 1. The Bertz CT molecular complexity index is 1160. The SMILES string of the molecule is Cc1cc(-c2cnc3c(NCC4CN(C)CCO4)cc(Cl)nn23)ccc1C(=O)NC1CC1. The van der Waals surface area contributed by atoms with Crippen molar-refractivity contribution in [3.05, 3.63) is 46.7 Å². The number of rotatable bonds is 6. The third-order valence-corrected chi connectivity index (χ3v) is 6.16. The lowest BCUT2D eigenvalue weighted by atomic mass is 10.0. The summed E-state index contributed by atoms with van der Waals surface area (Å²) in [5.74, 6) is -0.0158. The summed E-state index contributed by atoms with van der Waals surface area (Å²) in [5.41, 5.74) is 4.86. The molecule has 0 bridgehead atoms. The molecule has 0 radical (unpaired) electrons. The zero-order valence-electron chi connectivity index (χ0n) is 18.3. The number of anilines is 1. The number of imidazole rings is 1. The number of aryl methyl sites for hydroxylation is 1. The van der Waals surface area contributed by atoms with Gasteiger partial charge in [-0.2, -0.15) is 5.10 Å². The molecule has 3 aromatic rings. The van der Waals surface area contributed by atoms with E-state index in [4.69, 9.17) is 16.3 Å². The summed E-state index contributed by atoms with van der Waals surface area (Å²) < 4.78 is 7.59. The largest absolute Gasteiger partial charge is 0.379 e. The van der Waals surface area contributed by atoms with Crippen LogP contribution in [-0.2, 0) is 4.74 Å². The van der Waals surface area contributed by atoms with Crippen molar-refractivity contribution in [1.29, 1.82) is 0 Å². The van der Waals surface area contributed by atoms with E-state index in [-0.39, 0.29) is 12.0 Å². The summed E-state index contributed by atoms with van der Waals surface area (Å²) in [7, 11) is 2.10. The molecule has 3 heterocycles. The average Bonchev–Trinajstić information content (AvgIpc) is 3.47. The Morgan fingerprint density at radius 1 is 1.31 bits per heavy atom. The number of carbonyl (C=O) groups excluding carboxylic acids is 1. The molecule has 2 N–H and O–H groups in total. The molecule has 2 fully saturated rings. The Morgan fingerprint density at radius 3 is 2.91 bits per heavy atom. The maximum atomic E-state index is 12.5. The molecule has 1 aliphatic heterocycles. The highest BCUT2D eigenvalue weighted by atomic mass is 35.5. The fraction of sp³-hybridized carbons (Fsp3) is 0.435. The maximum absolute atomic E-state index is 12.5. The predicted molar refractivity (Wildman–Crippen MR) is 124 cm³/mol. The summed E-state index contributed by atoms with van der Waals surface area (Å²) in [6.45, 7) is 5.17. The monoisotopic (exact) mass is 454 g/mol. The van der Waals surface area contributed by atoms with Crippen LogP contribution in [0.2, 0.25) is 5.15 Å². The molecule has 32 heavy (non-hydrogen) atoms. The van der Waals surface area contributed by atoms with Crippen molar-refractivity contribution in [2.75, 3.05) is 38.6 Å². The fourth-order valence-electron chi connectivity index (χ4n) is 4.05. The molecule has 1 atom stereocenters. The number of likely N-dealkylation sites (N-methyl/N-ethyl adjacent to an activating group) is 1. The molecule has 1 aromatic carbocycles. The van der Waals surface area contributed by atoms with E-state index in [0.29, 0.717) is 29.0 Å². The van der Waals surface area contributed by atoms with Crippen molar-refractivity contribution in [2.24, 2.45) is 0 Å². The van der Waals surface area contributed by atoms with Crippen LogP contribution >= 0.6 is 11.6 Å². The van der Waals surface area contributed by atoms with E-state index in [2.05, 4.69) is 32.7 Å². The minimum Gasteiger partial charge on any atom is -0.379 e. The first-order chi connectivity index (χ1) is 15.5. The molecule has 9 heteroatoms. The second-order valence-electron chi connectivity index (χ2n) is 8.67. The van der Waals surface area contributed by atoms with Crippen molar-refractivity contribution < 1.29 is 9.53 Å². The van der Waals surface area contributed by atoms with Gasteiger partial charge in [0, 0.05) is 42.9 Å². The molecule has 2 aromatic heterocycles. The molecule has 168 valence electrons. The second-order valence-corrected chi connectivity index (χ2v) is 9.06. The quantitative estimate of drug-likeness (QED) is 0.595. The topological polar surface area (TPSA) is 83.8 Å². The third-order valence-electron chi connectivity index (χ3n) is 5.98. The van der Waals surface area contributed by atoms with E-state index in [1.807, 2.05) is 25.1 Å². The number of nitrogens with one attached hydrogen (secondary N) is 2. The van der Waals surface area contributed by atoms with Gasteiger partial charge >= 0.3 is 0 Å². The van der Waals surface area contributed by atoms with Gasteiger partial charge in [0.1, 0.15) is 0 Å². The van der Waals surface area contributed by atoms with Crippen LogP contribution in [0, 0.1) is 6.92 Å². The number of hydrogen-bond acceptors (Lipinski definition) is 6. The van der Waals surface area contributed by atoms with Gasteiger partial charge in [-0.1, -0.05) is 17.7 Å². The van der Waals surface area contributed by atoms with Gasteiger partial charge in [-0.05, 0) is 44.5 Å². The minimum absolute atomic E-state index is 0.0158. The van der Waals surface area contributed by atoms with Crippen molar-refractivity contribution in [1.82, 2.24) is 24.8 Å². The van der Waals surface area contributed by atoms with E-state index < -0.39 is 0 Å². The number of morpholine rings is 1. The van der Waals surface area contributed by atoms with E-state index in [0.717, 1.165) is 55.0 Å².